The van der Waals surface area contributed by atoms with Crippen molar-refractivity contribution in [1.82, 2.24) is 4.57 Å². The molecule has 5 nitrogen and oxygen atoms in total. The molecule has 2 heterocycles. The van der Waals surface area contributed by atoms with Gasteiger partial charge in [-0.05, 0) is 69.4 Å². The van der Waals surface area contributed by atoms with E-state index in [0.717, 1.165) is 42.0 Å². The summed E-state index contributed by atoms with van der Waals surface area (Å²) in [6.45, 7) is 4.42. The lowest BCUT2D eigenvalue weighted by molar-refractivity contribution is -0.146. The Labute approximate surface area is 147 Å². The molecule has 0 N–H and O–H groups in total. The zero-order valence-corrected chi connectivity index (χ0v) is 14.7. The summed E-state index contributed by atoms with van der Waals surface area (Å²) in [6, 6.07) is 7.84. The normalized spacial score (nSPS) is 16.4. The minimum absolute atomic E-state index is 0.187. The third-order valence-electron chi connectivity index (χ3n) is 5.02. The quantitative estimate of drug-likeness (QED) is 0.792. The second-order valence-corrected chi connectivity index (χ2v) is 6.57. The molecule has 2 aromatic rings. The van der Waals surface area contributed by atoms with Crippen LogP contribution < -0.4 is 9.47 Å². The molecule has 1 aliphatic heterocycles. The van der Waals surface area contributed by atoms with Crippen molar-refractivity contribution < 1.29 is 19.0 Å². The SMILES string of the molecule is CCOC(=O)[C@H](C)n1c(-c2ccc3c(c2)OCO3)cc2c1CCCC2. The third kappa shape index (κ3) is 2.77. The summed E-state index contributed by atoms with van der Waals surface area (Å²) >= 11 is 0. The van der Waals surface area contributed by atoms with Crippen molar-refractivity contribution in [3.8, 4) is 22.8 Å². The molecule has 0 fully saturated rings. The van der Waals surface area contributed by atoms with Crippen LogP contribution in [0.2, 0.25) is 0 Å². The van der Waals surface area contributed by atoms with Gasteiger partial charge in [-0.2, -0.15) is 0 Å². The number of benzene rings is 1. The first kappa shape index (κ1) is 16.1. The maximum atomic E-state index is 12.4. The summed E-state index contributed by atoms with van der Waals surface area (Å²) in [7, 11) is 0. The molecule has 0 bridgehead atoms. The smallest absolute Gasteiger partial charge is 0.328 e. The van der Waals surface area contributed by atoms with Crippen LogP contribution in [0.4, 0.5) is 0 Å². The van der Waals surface area contributed by atoms with E-state index in [0.29, 0.717) is 6.61 Å². The zero-order valence-electron chi connectivity index (χ0n) is 14.7. The molecule has 1 aliphatic carbocycles. The number of aromatic nitrogens is 1. The van der Waals surface area contributed by atoms with Gasteiger partial charge < -0.3 is 18.8 Å². The van der Waals surface area contributed by atoms with Crippen molar-refractivity contribution in [2.75, 3.05) is 13.4 Å². The summed E-state index contributed by atoms with van der Waals surface area (Å²) in [6.07, 6.45) is 4.43. The lowest BCUT2D eigenvalue weighted by Crippen LogP contribution is -2.22. The van der Waals surface area contributed by atoms with Crippen molar-refractivity contribution >= 4 is 5.97 Å². The first-order valence-corrected chi connectivity index (χ1v) is 8.98. The highest BCUT2D eigenvalue weighted by Crippen LogP contribution is 2.39. The van der Waals surface area contributed by atoms with Crippen LogP contribution in [0.3, 0.4) is 0 Å². The van der Waals surface area contributed by atoms with Gasteiger partial charge in [0.15, 0.2) is 11.5 Å². The van der Waals surface area contributed by atoms with Crippen molar-refractivity contribution in [3.63, 3.8) is 0 Å². The summed E-state index contributed by atoms with van der Waals surface area (Å²) in [5.74, 6) is 1.34. The number of carbonyl (C=O) groups is 1. The largest absolute Gasteiger partial charge is 0.464 e. The van der Waals surface area contributed by atoms with Gasteiger partial charge in [0.1, 0.15) is 6.04 Å². The maximum Gasteiger partial charge on any atom is 0.328 e. The Morgan fingerprint density at radius 3 is 2.84 bits per heavy atom. The van der Waals surface area contributed by atoms with Crippen molar-refractivity contribution in [2.45, 2.75) is 45.6 Å². The lowest BCUT2D eigenvalue weighted by Gasteiger charge is -2.22. The summed E-state index contributed by atoms with van der Waals surface area (Å²) in [4.78, 5) is 12.4. The van der Waals surface area contributed by atoms with E-state index in [1.54, 1.807) is 0 Å². The highest BCUT2D eigenvalue weighted by atomic mass is 16.7. The molecule has 0 amide bonds. The van der Waals surface area contributed by atoms with E-state index >= 15 is 0 Å². The molecule has 0 unspecified atom stereocenters. The molecule has 25 heavy (non-hydrogen) atoms. The fourth-order valence-corrected chi connectivity index (χ4v) is 3.81. The van der Waals surface area contributed by atoms with E-state index < -0.39 is 0 Å². The van der Waals surface area contributed by atoms with Gasteiger partial charge in [0.25, 0.3) is 0 Å². The molecule has 132 valence electrons. The van der Waals surface area contributed by atoms with Crippen molar-refractivity contribution in [2.24, 2.45) is 0 Å². The average Bonchev–Trinajstić information content (AvgIpc) is 3.24. The standard InChI is InChI=1S/C20H23NO4/c1-3-23-20(22)13(2)21-16-7-5-4-6-14(16)10-17(21)15-8-9-18-19(11-15)25-12-24-18/h8-11,13H,3-7,12H2,1-2H3/t13-/m0/s1. The zero-order chi connectivity index (χ0) is 17.4. The van der Waals surface area contributed by atoms with Crippen molar-refractivity contribution in [3.05, 3.63) is 35.5 Å². The monoisotopic (exact) mass is 341 g/mol. The molecule has 1 atom stereocenters. The van der Waals surface area contributed by atoms with Crippen LogP contribution in [0.15, 0.2) is 24.3 Å². The van der Waals surface area contributed by atoms with Crippen LogP contribution >= 0.6 is 0 Å². The number of nitrogens with zero attached hydrogens (tertiary/aromatic N) is 1. The van der Waals surface area contributed by atoms with Crippen LogP contribution in [-0.2, 0) is 22.4 Å². The van der Waals surface area contributed by atoms with Crippen LogP contribution in [0.1, 0.15) is 44.0 Å². The van der Waals surface area contributed by atoms with Gasteiger partial charge in [0.2, 0.25) is 6.79 Å². The Balaban J connectivity index is 1.81. The molecule has 0 radical (unpaired) electrons. The molecular formula is C20H23NO4. The number of esters is 1. The summed E-state index contributed by atoms with van der Waals surface area (Å²) in [5, 5.41) is 0. The Morgan fingerprint density at radius 1 is 1.20 bits per heavy atom. The topological polar surface area (TPSA) is 49.7 Å². The predicted octanol–water partition coefficient (Wildman–Crippen LogP) is 3.89. The van der Waals surface area contributed by atoms with Crippen molar-refractivity contribution in [1.29, 1.82) is 0 Å². The van der Waals surface area contributed by atoms with Gasteiger partial charge in [0.05, 0.1) is 6.61 Å². The molecule has 0 spiro atoms. The molecular weight excluding hydrogens is 318 g/mol. The van der Waals surface area contributed by atoms with Gasteiger partial charge in [-0.15, -0.1) is 0 Å². The van der Waals surface area contributed by atoms with E-state index in [1.165, 1.54) is 17.7 Å². The number of hydrogen-bond donors (Lipinski definition) is 0. The fraction of sp³-hybridized carbons (Fsp3) is 0.450. The molecule has 1 aromatic carbocycles. The average molecular weight is 341 g/mol. The second kappa shape index (κ2) is 6.47. The molecule has 0 saturated heterocycles. The van der Waals surface area contributed by atoms with E-state index in [4.69, 9.17) is 14.2 Å². The number of ether oxygens (including phenoxy) is 3. The van der Waals surface area contributed by atoms with Gasteiger partial charge >= 0.3 is 5.97 Å². The number of fused-ring (bicyclic) bond motifs is 2. The Kier molecular flexibility index (Phi) is 4.15. The highest BCUT2D eigenvalue weighted by molar-refractivity contribution is 5.77. The molecule has 4 rings (SSSR count). The summed E-state index contributed by atoms with van der Waals surface area (Å²) < 4.78 is 18.4. The second-order valence-electron chi connectivity index (χ2n) is 6.57. The predicted molar refractivity (Wildman–Crippen MR) is 94.0 cm³/mol. The molecule has 1 aromatic heterocycles. The minimum Gasteiger partial charge on any atom is -0.464 e. The molecule has 5 heteroatoms. The van der Waals surface area contributed by atoms with Crippen LogP contribution in [0.5, 0.6) is 11.5 Å². The number of hydrogen-bond acceptors (Lipinski definition) is 4. The van der Waals surface area contributed by atoms with E-state index in [9.17, 15) is 4.79 Å². The van der Waals surface area contributed by atoms with Gasteiger partial charge in [0, 0.05) is 17.0 Å². The van der Waals surface area contributed by atoms with Crippen LogP contribution in [0, 0.1) is 0 Å². The molecule has 2 aliphatic rings. The Morgan fingerprint density at radius 2 is 2.00 bits per heavy atom. The number of carbonyl (C=O) groups excluding carboxylic acids is 1. The fourth-order valence-electron chi connectivity index (χ4n) is 3.81. The van der Waals surface area contributed by atoms with Crippen LogP contribution in [0.25, 0.3) is 11.3 Å². The van der Waals surface area contributed by atoms with E-state index in [1.807, 2.05) is 32.0 Å². The van der Waals surface area contributed by atoms with Gasteiger partial charge in [-0.3, -0.25) is 0 Å². The van der Waals surface area contributed by atoms with Crippen LogP contribution in [-0.4, -0.2) is 23.9 Å². The van der Waals surface area contributed by atoms with Gasteiger partial charge in [-0.1, -0.05) is 0 Å². The Hall–Kier alpha value is -2.43. The Bertz CT molecular complexity index is 808. The molecule has 0 saturated carbocycles. The third-order valence-corrected chi connectivity index (χ3v) is 5.02. The van der Waals surface area contributed by atoms with Gasteiger partial charge in [-0.25, -0.2) is 4.79 Å². The van der Waals surface area contributed by atoms with E-state index in [-0.39, 0.29) is 18.8 Å². The number of rotatable bonds is 4. The lowest BCUT2D eigenvalue weighted by atomic mass is 9.97. The minimum atomic E-state index is -0.345. The maximum absolute atomic E-state index is 12.4. The highest BCUT2D eigenvalue weighted by Gasteiger charge is 2.27. The number of aryl methyl sites for hydroxylation is 1. The first-order valence-electron chi connectivity index (χ1n) is 8.98. The van der Waals surface area contributed by atoms with E-state index in [2.05, 4.69) is 10.6 Å². The summed E-state index contributed by atoms with van der Waals surface area (Å²) in [5.41, 5.74) is 4.69. The first-order chi connectivity index (χ1) is 12.2.